The highest BCUT2D eigenvalue weighted by molar-refractivity contribution is 7.99. The lowest BCUT2D eigenvalue weighted by atomic mass is 10.2. The second kappa shape index (κ2) is 7.90. The number of hydrogen-bond acceptors (Lipinski definition) is 4. The Morgan fingerprint density at radius 2 is 1.84 bits per heavy atom. The van der Waals surface area contributed by atoms with Crippen molar-refractivity contribution in [3.63, 3.8) is 0 Å². The second-order valence-electron chi connectivity index (χ2n) is 5.07. The highest BCUT2D eigenvalue weighted by Crippen LogP contribution is 2.17. The van der Waals surface area contributed by atoms with E-state index in [0.29, 0.717) is 6.04 Å². The van der Waals surface area contributed by atoms with E-state index in [1.54, 1.807) is 0 Å². The Morgan fingerprint density at radius 3 is 2.47 bits per heavy atom. The summed E-state index contributed by atoms with van der Waals surface area (Å²) >= 11 is 1.93. The molecule has 0 aliphatic carbocycles. The van der Waals surface area contributed by atoms with E-state index in [2.05, 4.69) is 47.1 Å². The van der Waals surface area contributed by atoms with Crippen LogP contribution in [0.1, 0.15) is 6.92 Å². The summed E-state index contributed by atoms with van der Waals surface area (Å²) in [5.41, 5.74) is 0. The first-order valence-corrected chi connectivity index (χ1v) is 8.03. The topological polar surface area (TPSA) is 26.7 Å². The van der Waals surface area contributed by atoms with Gasteiger partial charge in [0.1, 0.15) is 0 Å². The number of piperazine rings is 1. The summed E-state index contributed by atoms with van der Waals surface area (Å²) in [6.45, 7) is 7.93. The van der Waals surface area contributed by atoms with Crippen molar-refractivity contribution in [3.8, 4) is 0 Å². The van der Waals surface area contributed by atoms with Crippen LogP contribution in [0, 0.1) is 0 Å². The lowest BCUT2D eigenvalue weighted by Gasteiger charge is -2.37. The summed E-state index contributed by atoms with van der Waals surface area (Å²) in [5.74, 6) is 1.15. The summed E-state index contributed by atoms with van der Waals surface area (Å²) in [4.78, 5) is 6.26. The third kappa shape index (κ3) is 4.80. The molecule has 3 nitrogen and oxygen atoms in total. The monoisotopic (exact) mass is 280 g/mol. The number of rotatable bonds is 6. The van der Waals surface area contributed by atoms with Gasteiger partial charge in [-0.3, -0.25) is 9.80 Å². The van der Waals surface area contributed by atoms with Gasteiger partial charge in [0, 0.05) is 49.4 Å². The Bertz CT molecular complexity index is 352. The molecule has 0 radical (unpaired) electrons. The fourth-order valence-electron chi connectivity index (χ4n) is 2.35. The van der Waals surface area contributed by atoms with Crippen LogP contribution in [0.5, 0.6) is 0 Å². The minimum Gasteiger partial charge on any atom is -0.395 e. The van der Waals surface area contributed by atoms with Crippen molar-refractivity contribution in [1.82, 2.24) is 9.80 Å². The molecule has 1 aliphatic heterocycles. The van der Waals surface area contributed by atoms with E-state index in [9.17, 15) is 0 Å². The van der Waals surface area contributed by atoms with Crippen LogP contribution in [0.2, 0.25) is 0 Å². The van der Waals surface area contributed by atoms with Crippen LogP contribution in [-0.4, -0.2) is 66.0 Å². The van der Waals surface area contributed by atoms with E-state index < -0.39 is 0 Å². The third-order valence-corrected chi connectivity index (χ3v) is 4.71. The van der Waals surface area contributed by atoms with Gasteiger partial charge in [-0.15, -0.1) is 11.8 Å². The maximum atomic E-state index is 9.16. The predicted molar refractivity (Wildman–Crippen MR) is 81.7 cm³/mol. The fourth-order valence-corrected chi connectivity index (χ4v) is 3.29. The SMILES string of the molecule is C[C@@H](CO)N1CCN(CCSc2ccccc2)CC1. The van der Waals surface area contributed by atoms with Crippen LogP contribution in [0.3, 0.4) is 0 Å². The number of aliphatic hydroxyl groups is 1. The van der Waals surface area contributed by atoms with Gasteiger partial charge >= 0.3 is 0 Å². The minimum absolute atomic E-state index is 0.268. The molecule has 106 valence electrons. The molecule has 1 atom stereocenters. The van der Waals surface area contributed by atoms with Crippen molar-refractivity contribution in [3.05, 3.63) is 30.3 Å². The number of benzene rings is 1. The molecule has 0 bridgehead atoms. The van der Waals surface area contributed by atoms with Gasteiger partial charge in [0.05, 0.1) is 6.61 Å². The van der Waals surface area contributed by atoms with Crippen molar-refractivity contribution in [2.45, 2.75) is 17.9 Å². The zero-order chi connectivity index (χ0) is 13.5. The molecule has 0 spiro atoms. The van der Waals surface area contributed by atoms with Gasteiger partial charge in [0.25, 0.3) is 0 Å². The molecule has 0 amide bonds. The highest BCUT2D eigenvalue weighted by atomic mass is 32.2. The standard InChI is InChI=1S/C15H24N2OS/c1-14(13-18)17-9-7-16(8-10-17)11-12-19-15-5-3-2-4-6-15/h2-6,14,18H,7-13H2,1H3/t14-/m0/s1. The maximum Gasteiger partial charge on any atom is 0.0584 e. The second-order valence-corrected chi connectivity index (χ2v) is 6.24. The van der Waals surface area contributed by atoms with Crippen molar-refractivity contribution >= 4 is 11.8 Å². The number of aliphatic hydroxyl groups excluding tert-OH is 1. The fraction of sp³-hybridized carbons (Fsp3) is 0.600. The van der Waals surface area contributed by atoms with E-state index in [-0.39, 0.29) is 6.61 Å². The Kier molecular flexibility index (Phi) is 6.17. The van der Waals surface area contributed by atoms with Gasteiger partial charge in [-0.2, -0.15) is 0 Å². The summed E-state index contributed by atoms with van der Waals surface area (Å²) in [7, 11) is 0. The van der Waals surface area contributed by atoms with E-state index >= 15 is 0 Å². The number of thioether (sulfide) groups is 1. The molecular weight excluding hydrogens is 256 g/mol. The first kappa shape index (κ1) is 14.9. The highest BCUT2D eigenvalue weighted by Gasteiger charge is 2.19. The molecule has 0 unspecified atom stereocenters. The van der Waals surface area contributed by atoms with Gasteiger partial charge < -0.3 is 5.11 Å². The molecule has 1 aromatic carbocycles. The van der Waals surface area contributed by atoms with E-state index in [1.165, 1.54) is 4.90 Å². The van der Waals surface area contributed by atoms with Crippen molar-refractivity contribution in [2.24, 2.45) is 0 Å². The normalized spacial score (nSPS) is 19.5. The summed E-state index contributed by atoms with van der Waals surface area (Å²) < 4.78 is 0. The largest absolute Gasteiger partial charge is 0.395 e. The van der Waals surface area contributed by atoms with Crippen LogP contribution in [0.25, 0.3) is 0 Å². The maximum absolute atomic E-state index is 9.16. The van der Waals surface area contributed by atoms with Gasteiger partial charge in [0.2, 0.25) is 0 Å². The molecule has 0 saturated carbocycles. The first-order chi connectivity index (χ1) is 9.29. The molecule has 19 heavy (non-hydrogen) atoms. The van der Waals surface area contributed by atoms with Crippen molar-refractivity contribution in [2.75, 3.05) is 45.1 Å². The zero-order valence-corrected chi connectivity index (χ0v) is 12.5. The van der Waals surface area contributed by atoms with Crippen LogP contribution >= 0.6 is 11.8 Å². The molecule has 1 heterocycles. The summed E-state index contributed by atoms with van der Waals surface area (Å²) in [6, 6.07) is 10.9. The lowest BCUT2D eigenvalue weighted by molar-refractivity contribution is 0.0761. The van der Waals surface area contributed by atoms with E-state index in [0.717, 1.165) is 38.5 Å². The van der Waals surface area contributed by atoms with Crippen LogP contribution in [0.15, 0.2) is 35.2 Å². The van der Waals surface area contributed by atoms with Crippen molar-refractivity contribution in [1.29, 1.82) is 0 Å². The molecule has 1 fully saturated rings. The number of nitrogens with zero attached hydrogens (tertiary/aromatic N) is 2. The molecular formula is C15H24N2OS. The molecule has 2 rings (SSSR count). The average molecular weight is 280 g/mol. The van der Waals surface area contributed by atoms with E-state index in [4.69, 9.17) is 5.11 Å². The average Bonchev–Trinajstić information content (AvgIpc) is 2.48. The lowest BCUT2D eigenvalue weighted by Crippen LogP contribution is -2.50. The molecule has 1 saturated heterocycles. The molecule has 1 aliphatic rings. The molecule has 1 aromatic rings. The van der Waals surface area contributed by atoms with Gasteiger partial charge in [0.15, 0.2) is 0 Å². The Morgan fingerprint density at radius 1 is 1.16 bits per heavy atom. The summed E-state index contributed by atoms with van der Waals surface area (Å²) in [6.07, 6.45) is 0. The molecule has 1 N–H and O–H groups in total. The third-order valence-electron chi connectivity index (χ3n) is 3.71. The van der Waals surface area contributed by atoms with Crippen LogP contribution in [0.4, 0.5) is 0 Å². The Balaban J connectivity index is 1.63. The predicted octanol–water partition coefficient (Wildman–Crippen LogP) is 1.78. The van der Waals surface area contributed by atoms with Crippen LogP contribution in [-0.2, 0) is 0 Å². The number of hydrogen-bond donors (Lipinski definition) is 1. The van der Waals surface area contributed by atoms with Gasteiger partial charge in [-0.05, 0) is 19.1 Å². The zero-order valence-electron chi connectivity index (χ0n) is 11.7. The minimum atomic E-state index is 0.268. The first-order valence-electron chi connectivity index (χ1n) is 7.04. The van der Waals surface area contributed by atoms with Crippen LogP contribution < -0.4 is 0 Å². The summed E-state index contributed by atoms with van der Waals surface area (Å²) in [5, 5.41) is 9.16. The smallest absolute Gasteiger partial charge is 0.0584 e. The molecule has 4 heteroatoms. The van der Waals surface area contributed by atoms with Gasteiger partial charge in [-0.1, -0.05) is 18.2 Å². The Labute approximate surface area is 120 Å². The molecule has 0 aromatic heterocycles. The van der Waals surface area contributed by atoms with Gasteiger partial charge in [-0.25, -0.2) is 0 Å². The quantitative estimate of drug-likeness (QED) is 0.804. The van der Waals surface area contributed by atoms with Crippen molar-refractivity contribution < 1.29 is 5.11 Å². The van der Waals surface area contributed by atoms with E-state index in [1.807, 2.05) is 11.8 Å². The Hall–Kier alpha value is -0.550.